The van der Waals surface area contributed by atoms with Crippen LogP contribution in [0.5, 0.6) is 0 Å². The van der Waals surface area contributed by atoms with Crippen LogP contribution in [0.3, 0.4) is 0 Å². The van der Waals surface area contributed by atoms with Gasteiger partial charge in [0.1, 0.15) is 5.65 Å². The number of imidazole rings is 1. The van der Waals surface area contributed by atoms with E-state index < -0.39 is 0 Å². The third kappa shape index (κ3) is 3.15. The van der Waals surface area contributed by atoms with Gasteiger partial charge in [0.05, 0.1) is 5.69 Å². The highest BCUT2D eigenvalue weighted by molar-refractivity contribution is 5.93. The lowest BCUT2D eigenvalue weighted by molar-refractivity contribution is -0.119. The van der Waals surface area contributed by atoms with E-state index in [0.29, 0.717) is 0 Å². The minimum absolute atomic E-state index is 0.0380. The molecule has 128 valence electrons. The number of pyridine rings is 1. The van der Waals surface area contributed by atoms with Gasteiger partial charge in [-0.3, -0.25) is 4.79 Å². The van der Waals surface area contributed by atoms with Crippen molar-refractivity contribution in [1.82, 2.24) is 9.38 Å². The maximum absolute atomic E-state index is 12.3. The summed E-state index contributed by atoms with van der Waals surface area (Å²) in [5.41, 5.74) is 10.8. The van der Waals surface area contributed by atoms with Crippen molar-refractivity contribution in [3.63, 3.8) is 0 Å². The van der Waals surface area contributed by atoms with Gasteiger partial charge < -0.3 is 15.5 Å². The van der Waals surface area contributed by atoms with Gasteiger partial charge in [-0.15, -0.1) is 0 Å². The van der Waals surface area contributed by atoms with E-state index in [-0.39, 0.29) is 17.9 Å². The molecule has 4 rings (SSSR count). The Morgan fingerprint density at radius 3 is 2.72 bits per heavy atom. The van der Waals surface area contributed by atoms with Gasteiger partial charge in [0.2, 0.25) is 5.91 Å². The summed E-state index contributed by atoms with van der Waals surface area (Å²) < 4.78 is 2.03. The number of hydrogen-bond donors (Lipinski definition) is 2. The SMILES string of the molecule is Cc1cccn2cc(-c3ccc(NC(=O)C4CCC(N)C4)cc3)nc12. The van der Waals surface area contributed by atoms with Crippen LogP contribution in [0.4, 0.5) is 5.69 Å². The second kappa shape index (κ2) is 6.33. The van der Waals surface area contributed by atoms with E-state index >= 15 is 0 Å². The fraction of sp³-hybridized carbons (Fsp3) is 0.300. The zero-order chi connectivity index (χ0) is 17.4. The van der Waals surface area contributed by atoms with E-state index in [4.69, 9.17) is 10.7 Å². The molecule has 1 amide bonds. The summed E-state index contributed by atoms with van der Waals surface area (Å²) in [7, 11) is 0. The number of aromatic nitrogens is 2. The van der Waals surface area contributed by atoms with Crippen molar-refractivity contribution >= 4 is 17.2 Å². The molecule has 1 aliphatic rings. The minimum atomic E-state index is 0.0380. The molecule has 0 bridgehead atoms. The third-order valence-corrected chi connectivity index (χ3v) is 4.97. The number of carbonyl (C=O) groups is 1. The van der Waals surface area contributed by atoms with Crippen molar-refractivity contribution in [3.05, 3.63) is 54.4 Å². The molecule has 3 aromatic rings. The molecule has 1 fully saturated rings. The molecule has 2 atom stereocenters. The molecule has 0 saturated heterocycles. The molecule has 1 saturated carbocycles. The number of nitrogens with two attached hydrogens (primary N) is 1. The number of carbonyl (C=O) groups excluding carboxylic acids is 1. The number of fused-ring (bicyclic) bond motifs is 1. The Morgan fingerprint density at radius 1 is 1.24 bits per heavy atom. The fourth-order valence-corrected chi connectivity index (χ4v) is 3.52. The van der Waals surface area contributed by atoms with Gasteiger partial charge in [0.15, 0.2) is 0 Å². The second-order valence-electron chi connectivity index (χ2n) is 6.88. The summed E-state index contributed by atoms with van der Waals surface area (Å²) in [6.45, 7) is 2.06. The Labute approximate surface area is 146 Å². The first kappa shape index (κ1) is 15.8. The normalized spacial score (nSPS) is 20.1. The van der Waals surface area contributed by atoms with Crippen molar-refractivity contribution < 1.29 is 4.79 Å². The number of rotatable bonds is 3. The Morgan fingerprint density at radius 2 is 2.04 bits per heavy atom. The van der Waals surface area contributed by atoms with Crippen LogP contribution in [0.15, 0.2) is 48.8 Å². The monoisotopic (exact) mass is 334 g/mol. The Hall–Kier alpha value is -2.66. The lowest BCUT2D eigenvalue weighted by Crippen LogP contribution is -2.23. The zero-order valence-electron chi connectivity index (χ0n) is 14.3. The Kier molecular flexibility index (Phi) is 4.01. The minimum Gasteiger partial charge on any atom is -0.328 e. The molecule has 1 aromatic carbocycles. The second-order valence-corrected chi connectivity index (χ2v) is 6.88. The van der Waals surface area contributed by atoms with Crippen LogP contribution in [0, 0.1) is 12.8 Å². The smallest absolute Gasteiger partial charge is 0.227 e. The summed E-state index contributed by atoms with van der Waals surface area (Å²) >= 11 is 0. The first-order valence-electron chi connectivity index (χ1n) is 8.71. The standard InChI is InChI=1S/C20H22N4O/c1-13-3-2-10-24-12-18(23-19(13)24)14-5-8-17(9-6-14)22-20(25)15-4-7-16(21)11-15/h2-3,5-6,8-10,12,15-16H,4,7,11,21H2,1H3,(H,22,25). The molecule has 5 nitrogen and oxygen atoms in total. The van der Waals surface area contributed by atoms with Gasteiger partial charge >= 0.3 is 0 Å². The van der Waals surface area contributed by atoms with Crippen molar-refractivity contribution in [2.24, 2.45) is 11.7 Å². The predicted octanol–water partition coefficient (Wildman–Crippen LogP) is 3.38. The summed E-state index contributed by atoms with van der Waals surface area (Å²) in [5.74, 6) is 0.111. The highest BCUT2D eigenvalue weighted by Gasteiger charge is 2.27. The van der Waals surface area contributed by atoms with Gasteiger partial charge in [0, 0.05) is 35.6 Å². The summed E-state index contributed by atoms with van der Waals surface area (Å²) in [6, 6.07) is 12.1. The number of nitrogens with one attached hydrogen (secondary N) is 1. The summed E-state index contributed by atoms with van der Waals surface area (Å²) in [6.07, 6.45) is 6.62. The van der Waals surface area contributed by atoms with Crippen LogP contribution in [0.1, 0.15) is 24.8 Å². The molecule has 2 aromatic heterocycles. The molecule has 1 aliphatic carbocycles. The maximum Gasteiger partial charge on any atom is 0.227 e. The van der Waals surface area contributed by atoms with E-state index in [1.807, 2.05) is 47.1 Å². The number of nitrogens with zero attached hydrogens (tertiary/aromatic N) is 2. The largest absolute Gasteiger partial charge is 0.328 e. The first-order chi connectivity index (χ1) is 12.1. The van der Waals surface area contributed by atoms with E-state index in [9.17, 15) is 4.79 Å². The van der Waals surface area contributed by atoms with Crippen molar-refractivity contribution in [2.45, 2.75) is 32.2 Å². The van der Waals surface area contributed by atoms with Crippen LogP contribution >= 0.6 is 0 Å². The highest BCUT2D eigenvalue weighted by atomic mass is 16.1. The first-order valence-corrected chi connectivity index (χ1v) is 8.71. The molecule has 25 heavy (non-hydrogen) atoms. The Bertz CT molecular complexity index is 913. The Balaban J connectivity index is 1.51. The van der Waals surface area contributed by atoms with E-state index in [2.05, 4.69) is 18.3 Å². The fourth-order valence-electron chi connectivity index (χ4n) is 3.52. The molecule has 5 heteroatoms. The lowest BCUT2D eigenvalue weighted by Gasteiger charge is -2.11. The average Bonchev–Trinajstić information content (AvgIpc) is 3.23. The topological polar surface area (TPSA) is 72.4 Å². The van der Waals surface area contributed by atoms with E-state index in [1.54, 1.807) is 0 Å². The molecule has 0 spiro atoms. The molecule has 2 heterocycles. The summed E-state index contributed by atoms with van der Waals surface area (Å²) in [4.78, 5) is 17.0. The van der Waals surface area contributed by atoms with Crippen LogP contribution in [0.2, 0.25) is 0 Å². The number of amides is 1. The molecule has 2 unspecified atom stereocenters. The molecule has 3 N–H and O–H groups in total. The average molecular weight is 334 g/mol. The quantitative estimate of drug-likeness (QED) is 0.771. The third-order valence-electron chi connectivity index (χ3n) is 4.97. The van der Waals surface area contributed by atoms with Gasteiger partial charge in [-0.05, 0) is 49.9 Å². The highest BCUT2D eigenvalue weighted by Crippen LogP contribution is 2.26. The number of aryl methyl sites for hydroxylation is 1. The van der Waals surface area contributed by atoms with E-state index in [1.165, 1.54) is 0 Å². The molecule has 0 aliphatic heterocycles. The van der Waals surface area contributed by atoms with Crippen molar-refractivity contribution in [3.8, 4) is 11.3 Å². The van der Waals surface area contributed by atoms with Crippen LogP contribution in [-0.4, -0.2) is 21.3 Å². The van der Waals surface area contributed by atoms with Gasteiger partial charge in [-0.1, -0.05) is 18.2 Å². The van der Waals surface area contributed by atoms with Crippen LogP contribution in [-0.2, 0) is 4.79 Å². The predicted molar refractivity (Wildman–Crippen MR) is 99.3 cm³/mol. The van der Waals surface area contributed by atoms with Crippen LogP contribution in [0.25, 0.3) is 16.9 Å². The van der Waals surface area contributed by atoms with E-state index in [0.717, 1.165) is 47.4 Å². The van der Waals surface area contributed by atoms with Crippen LogP contribution < -0.4 is 11.1 Å². The van der Waals surface area contributed by atoms with Crippen molar-refractivity contribution in [2.75, 3.05) is 5.32 Å². The number of benzene rings is 1. The molecule has 0 radical (unpaired) electrons. The van der Waals surface area contributed by atoms with Gasteiger partial charge in [0.25, 0.3) is 0 Å². The zero-order valence-corrected chi connectivity index (χ0v) is 14.3. The maximum atomic E-state index is 12.3. The summed E-state index contributed by atoms with van der Waals surface area (Å²) in [5, 5.41) is 3.00. The van der Waals surface area contributed by atoms with Gasteiger partial charge in [-0.25, -0.2) is 4.98 Å². The van der Waals surface area contributed by atoms with Crippen molar-refractivity contribution in [1.29, 1.82) is 0 Å². The molecular weight excluding hydrogens is 312 g/mol. The molecular formula is C20H22N4O. The lowest BCUT2D eigenvalue weighted by atomic mass is 10.1. The van der Waals surface area contributed by atoms with Gasteiger partial charge in [-0.2, -0.15) is 0 Å². The number of anilines is 1. The number of hydrogen-bond acceptors (Lipinski definition) is 3.